The Morgan fingerprint density at radius 3 is 2.31 bits per heavy atom. The van der Waals surface area contributed by atoms with Crippen molar-refractivity contribution in [1.29, 1.82) is 0 Å². The fourth-order valence-corrected chi connectivity index (χ4v) is 4.11. The lowest BCUT2D eigenvalue weighted by Crippen LogP contribution is -2.24. The number of amides is 1. The van der Waals surface area contributed by atoms with Crippen LogP contribution in [0.3, 0.4) is 0 Å². The molecule has 11 heteroatoms. The number of aromatic nitrogens is 2. The van der Waals surface area contributed by atoms with E-state index >= 15 is 0 Å². The third-order valence-corrected chi connectivity index (χ3v) is 6.04. The van der Waals surface area contributed by atoms with E-state index in [0.29, 0.717) is 11.0 Å². The number of hydrogen-bond acceptors (Lipinski definition) is 4. The minimum atomic E-state index is -4.70. The Kier molecular flexibility index (Phi) is 5.03. The monoisotopic (exact) mass is 427 g/mol. The number of fused-ring (bicyclic) bond motifs is 1. The molecule has 0 aliphatic rings. The van der Waals surface area contributed by atoms with Crippen molar-refractivity contribution in [2.75, 3.05) is 11.1 Å². The molecular formula is C18H16F3N3O4S. The van der Waals surface area contributed by atoms with E-state index in [4.69, 9.17) is 0 Å². The van der Waals surface area contributed by atoms with Gasteiger partial charge in [-0.1, -0.05) is 12.1 Å². The first-order valence-corrected chi connectivity index (χ1v) is 9.91. The summed E-state index contributed by atoms with van der Waals surface area (Å²) in [6, 6.07) is 8.21. The van der Waals surface area contributed by atoms with Gasteiger partial charge in [-0.2, -0.15) is 13.2 Å². The Morgan fingerprint density at radius 2 is 1.66 bits per heavy atom. The number of nitrogens with one attached hydrogen (secondary N) is 1. The second kappa shape index (κ2) is 7.07. The maximum Gasteiger partial charge on any atom is 0.418 e. The van der Waals surface area contributed by atoms with E-state index in [-0.39, 0.29) is 10.6 Å². The number of para-hydroxylation sites is 1. The van der Waals surface area contributed by atoms with Crippen LogP contribution in [0.2, 0.25) is 0 Å². The van der Waals surface area contributed by atoms with Gasteiger partial charge in [0.15, 0.2) is 9.84 Å². The molecule has 0 aliphatic carbocycles. The van der Waals surface area contributed by atoms with Gasteiger partial charge in [0.05, 0.1) is 27.2 Å². The van der Waals surface area contributed by atoms with Crippen LogP contribution in [0.1, 0.15) is 5.56 Å². The molecule has 0 spiro atoms. The lowest BCUT2D eigenvalue weighted by Gasteiger charge is -2.13. The van der Waals surface area contributed by atoms with Crippen molar-refractivity contribution in [3.05, 3.63) is 58.5 Å². The van der Waals surface area contributed by atoms with Crippen molar-refractivity contribution in [3.63, 3.8) is 0 Å². The van der Waals surface area contributed by atoms with Gasteiger partial charge in [-0.3, -0.25) is 13.9 Å². The third kappa shape index (κ3) is 3.90. The molecule has 7 nitrogen and oxygen atoms in total. The zero-order chi connectivity index (χ0) is 21.6. The van der Waals surface area contributed by atoms with E-state index in [1.807, 2.05) is 5.32 Å². The Labute approximate surface area is 163 Å². The Morgan fingerprint density at radius 1 is 1.03 bits per heavy atom. The van der Waals surface area contributed by atoms with Crippen LogP contribution >= 0.6 is 0 Å². The smallest absolute Gasteiger partial charge is 0.325 e. The molecule has 1 amide bonds. The number of benzene rings is 2. The highest BCUT2D eigenvalue weighted by Crippen LogP contribution is 2.34. The molecule has 0 radical (unpaired) electrons. The lowest BCUT2D eigenvalue weighted by atomic mass is 10.1. The van der Waals surface area contributed by atoms with Gasteiger partial charge in [0.2, 0.25) is 5.91 Å². The number of hydrogen-bond donors (Lipinski definition) is 1. The van der Waals surface area contributed by atoms with Crippen molar-refractivity contribution < 1.29 is 26.4 Å². The first kappa shape index (κ1) is 20.6. The molecule has 0 bridgehead atoms. The summed E-state index contributed by atoms with van der Waals surface area (Å²) in [7, 11) is -1.15. The third-order valence-electron chi connectivity index (χ3n) is 4.43. The molecule has 0 aliphatic heterocycles. The number of imidazole rings is 1. The van der Waals surface area contributed by atoms with Crippen molar-refractivity contribution in [3.8, 4) is 0 Å². The molecule has 0 atom stereocenters. The molecule has 2 aromatic carbocycles. The number of sulfone groups is 1. The number of aryl methyl sites for hydroxylation is 2. The van der Waals surface area contributed by atoms with Gasteiger partial charge in [0.1, 0.15) is 5.75 Å². The second-order valence-electron chi connectivity index (χ2n) is 6.40. The van der Waals surface area contributed by atoms with Crippen molar-refractivity contribution in [1.82, 2.24) is 9.13 Å². The highest BCUT2D eigenvalue weighted by atomic mass is 32.2. The second-order valence-corrected chi connectivity index (χ2v) is 8.39. The van der Waals surface area contributed by atoms with E-state index in [1.165, 1.54) is 47.5 Å². The minimum Gasteiger partial charge on any atom is -0.325 e. The molecule has 1 heterocycles. The average molecular weight is 427 g/mol. The SMILES string of the molecule is Cn1c(=O)n(C)c2cc(S(=O)(=O)CC(=O)Nc3ccccc3C(F)(F)F)ccc21. The fraction of sp³-hybridized carbons (Fsp3) is 0.222. The number of anilines is 1. The number of carbonyl (C=O) groups is 1. The van der Waals surface area contributed by atoms with Gasteiger partial charge in [0, 0.05) is 14.1 Å². The summed E-state index contributed by atoms with van der Waals surface area (Å²) in [4.78, 5) is 23.9. The van der Waals surface area contributed by atoms with E-state index in [2.05, 4.69) is 0 Å². The molecule has 0 saturated heterocycles. The number of nitrogens with zero attached hydrogens (tertiary/aromatic N) is 2. The Hall–Kier alpha value is -3.08. The lowest BCUT2D eigenvalue weighted by molar-refractivity contribution is -0.137. The molecule has 0 fully saturated rings. The highest BCUT2D eigenvalue weighted by Gasteiger charge is 2.34. The van der Waals surface area contributed by atoms with E-state index in [9.17, 15) is 31.2 Å². The standard InChI is InChI=1S/C18H16F3N3O4S/c1-23-14-8-7-11(9-15(14)24(2)17(23)26)29(27,28)10-16(25)22-13-6-4-3-5-12(13)18(19,20)21/h3-9H,10H2,1-2H3,(H,22,25). The molecule has 3 aromatic rings. The largest absolute Gasteiger partial charge is 0.418 e. The molecule has 3 rings (SSSR count). The molecule has 1 N–H and O–H groups in total. The van der Waals surface area contributed by atoms with Crippen LogP contribution in [-0.4, -0.2) is 29.2 Å². The van der Waals surface area contributed by atoms with Gasteiger partial charge in [-0.05, 0) is 30.3 Å². The molecular weight excluding hydrogens is 411 g/mol. The molecule has 0 unspecified atom stereocenters. The normalized spacial score (nSPS) is 12.3. The van der Waals surface area contributed by atoms with Crippen molar-refractivity contribution in [2.45, 2.75) is 11.1 Å². The first-order chi connectivity index (χ1) is 13.4. The summed E-state index contributed by atoms with van der Waals surface area (Å²) in [6.07, 6.45) is -4.70. The van der Waals surface area contributed by atoms with Crippen LogP contribution in [0, 0.1) is 0 Å². The maximum atomic E-state index is 13.0. The van der Waals surface area contributed by atoms with Gasteiger partial charge in [-0.25, -0.2) is 13.2 Å². The van der Waals surface area contributed by atoms with Crippen LogP contribution < -0.4 is 11.0 Å². The summed E-state index contributed by atoms with van der Waals surface area (Å²) < 4.78 is 66.8. The maximum absolute atomic E-state index is 13.0. The topological polar surface area (TPSA) is 90.2 Å². The minimum absolute atomic E-state index is 0.217. The zero-order valence-electron chi connectivity index (χ0n) is 15.3. The fourth-order valence-electron chi connectivity index (χ4n) is 2.96. The summed E-state index contributed by atoms with van der Waals surface area (Å²) in [5.74, 6) is -2.16. The number of rotatable bonds is 4. The molecule has 1 aromatic heterocycles. The van der Waals surface area contributed by atoms with Gasteiger partial charge in [-0.15, -0.1) is 0 Å². The van der Waals surface area contributed by atoms with Crippen LogP contribution in [0.4, 0.5) is 18.9 Å². The van der Waals surface area contributed by atoms with E-state index in [0.717, 1.165) is 18.2 Å². The van der Waals surface area contributed by atoms with Crippen LogP contribution in [0.15, 0.2) is 52.2 Å². The number of carbonyl (C=O) groups excluding carboxylic acids is 1. The molecule has 29 heavy (non-hydrogen) atoms. The van der Waals surface area contributed by atoms with Crippen LogP contribution in [-0.2, 0) is 34.9 Å². The first-order valence-electron chi connectivity index (χ1n) is 8.26. The molecule has 154 valence electrons. The predicted molar refractivity (Wildman–Crippen MR) is 100 cm³/mol. The quantitative estimate of drug-likeness (QED) is 0.692. The average Bonchev–Trinajstić information content (AvgIpc) is 2.85. The van der Waals surface area contributed by atoms with Gasteiger partial charge in [0.25, 0.3) is 0 Å². The molecule has 0 saturated carbocycles. The summed E-state index contributed by atoms with van der Waals surface area (Å²) >= 11 is 0. The summed E-state index contributed by atoms with van der Waals surface area (Å²) in [5, 5.41) is 2.01. The van der Waals surface area contributed by atoms with E-state index < -0.39 is 38.9 Å². The number of alkyl halides is 3. The summed E-state index contributed by atoms with van der Waals surface area (Å²) in [6.45, 7) is 0. The zero-order valence-corrected chi connectivity index (χ0v) is 16.1. The summed E-state index contributed by atoms with van der Waals surface area (Å²) in [5.41, 5.74) is -1.11. The van der Waals surface area contributed by atoms with Crippen molar-refractivity contribution >= 4 is 32.5 Å². The van der Waals surface area contributed by atoms with Crippen LogP contribution in [0.5, 0.6) is 0 Å². The van der Waals surface area contributed by atoms with E-state index in [1.54, 1.807) is 0 Å². The Bertz CT molecular complexity index is 1270. The van der Waals surface area contributed by atoms with Gasteiger partial charge < -0.3 is 5.32 Å². The van der Waals surface area contributed by atoms with Crippen LogP contribution in [0.25, 0.3) is 11.0 Å². The number of halogens is 3. The predicted octanol–water partition coefficient (Wildman–Crippen LogP) is 2.31. The van der Waals surface area contributed by atoms with Gasteiger partial charge >= 0.3 is 11.9 Å². The Balaban J connectivity index is 1.89. The highest BCUT2D eigenvalue weighted by molar-refractivity contribution is 7.92. The van der Waals surface area contributed by atoms with Crippen molar-refractivity contribution in [2.24, 2.45) is 14.1 Å².